The average Bonchev–Trinajstić information content (AvgIpc) is 3.29. The fourth-order valence-electron chi connectivity index (χ4n) is 11.9. The Hall–Kier alpha value is -0.343. The second kappa shape index (κ2) is 12.6. The van der Waals surface area contributed by atoms with E-state index in [1.807, 2.05) is 0 Å². The summed E-state index contributed by atoms with van der Waals surface area (Å²) >= 11 is 0. The van der Waals surface area contributed by atoms with Gasteiger partial charge in [0.1, 0.15) is 0 Å². The average molecular weight is 583 g/mol. The molecule has 2 heteroatoms. The van der Waals surface area contributed by atoms with Crippen molar-refractivity contribution in [3.63, 3.8) is 0 Å². The molecule has 0 radical (unpaired) electrons. The summed E-state index contributed by atoms with van der Waals surface area (Å²) in [4.78, 5) is 0. The lowest BCUT2D eigenvalue weighted by atomic mass is 9.47. The molecule has 4 rings (SSSR count). The first-order valence-corrected chi connectivity index (χ1v) is 20.4. The number of allylic oxidation sites excluding steroid dienone is 3. The third-order valence-electron chi connectivity index (χ3n) is 14.7. The van der Waals surface area contributed by atoms with Crippen molar-refractivity contribution in [1.82, 2.24) is 0 Å². The largest absolute Gasteiger partial charge is 0.413 e. The van der Waals surface area contributed by atoms with E-state index in [0.717, 1.165) is 23.7 Å². The molecule has 0 bridgehead atoms. The molecule has 41 heavy (non-hydrogen) atoms. The fraction of sp³-hybridized carbons (Fsp3) is 0.897. The van der Waals surface area contributed by atoms with E-state index in [1.165, 1.54) is 70.6 Å². The van der Waals surface area contributed by atoms with E-state index in [9.17, 15) is 0 Å². The van der Waals surface area contributed by atoms with Gasteiger partial charge in [-0.2, -0.15) is 0 Å². The van der Waals surface area contributed by atoms with Crippen LogP contribution in [0.15, 0.2) is 23.8 Å². The summed E-state index contributed by atoms with van der Waals surface area (Å²) in [7, 11) is -1.84. The Labute approximate surface area is 258 Å². The summed E-state index contributed by atoms with van der Waals surface area (Å²) < 4.78 is 7.38. The molecule has 0 N–H and O–H groups in total. The van der Waals surface area contributed by atoms with Gasteiger partial charge >= 0.3 is 0 Å². The van der Waals surface area contributed by atoms with E-state index >= 15 is 0 Å². The minimum atomic E-state index is -1.84. The Morgan fingerprint density at radius 3 is 2.02 bits per heavy atom. The molecule has 0 aromatic rings. The van der Waals surface area contributed by atoms with Crippen molar-refractivity contribution < 1.29 is 4.43 Å². The van der Waals surface area contributed by atoms with Crippen LogP contribution in [-0.2, 0) is 4.43 Å². The van der Waals surface area contributed by atoms with Crippen LogP contribution in [0.1, 0.15) is 154 Å². The van der Waals surface area contributed by atoms with Gasteiger partial charge in [-0.15, -0.1) is 0 Å². The van der Waals surface area contributed by atoms with Crippen LogP contribution in [-0.4, -0.2) is 14.4 Å². The first-order chi connectivity index (χ1) is 19.2. The molecule has 0 spiro atoms. The van der Waals surface area contributed by atoms with E-state index in [4.69, 9.17) is 4.43 Å². The van der Waals surface area contributed by atoms with E-state index in [1.54, 1.807) is 5.57 Å². The third kappa shape index (κ3) is 5.66. The molecule has 236 valence electrons. The maximum atomic E-state index is 7.38. The van der Waals surface area contributed by atoms with Crippen LogP contribution in [0.3, 0.4) is 0 Å². The van der Waals surface area contributed by atoms with Crippen molar-refractivity contribution in [2.75, 3.05) is 0 Å². The van der Waals surface area contributed by atoms with Gasteiger partial charge in [-0.05, 0) is 133 Å². The molecule has 8 atom stereocenters. The number of hydrogen-bond acceptors (Lipinski definition) is 1. The lowest BCUT2D eigenvalue weighted by Gasteiger charge is -2.59. The number of rotatable bonds is 11. The van der Waals surface area contributed by atoms with Crippen LogP contribution in [0.2, 0.25) is 16.6 Å². The molecule has 0 heterocycles. The second-order valence-corrected chi connectivity index (χ2v) is 22.3. The van der Waals surface area contributed by atoms with Crippen LogP contribution in [0, 0.1) is 45.8 Å². The van der Waals surface area contributed by atoms with Crippen molar-refractivity contribution in [2.24, 2.45) is 45.8 Å². The highest BCUT2D eigenvalue weighted by Crippen LogP contribution is 2.67. The Kier molecular flexibility index (Phi) is 10.3. The van der Waals surface area contributed by atoms with E-state index < -0.39 is 8.32 Å². The van der Waals surface area contributed by atoms with Gasteiger partial charge in [-0.1, -0.05) is 107 Å². The molecule has 0 aromatic heterocycles. The van der Waals surface area contributed by atoms with Crippen LogP contribution in [0.5, 0.6) is 0 Å². The topological polar surface area (TPSA) is 9.23 Å². The predicted molar refractivity (Wildman–Crippen MR) is 183 cm³/mol. The van der Waals surface area contributed by atoms with Gasteiger partial charge in [0.2, 0.25) is 8.32 Å². The molecule has 3 saturated carbocycles. The van der Waals surface area contributed by atoms with Crippen molar-refractivity contribution in [3.8, 4) is 0 Å². The lowest BCUT2D eigenvalue weighted by molar-refractivity contribution is -0.0534. The summed E-state index contributed by atoms with van der Waals surface area (Å²) in [6.45, 7) is 29.8. The monoisotopic (exact) mass is 583 g/mol. The predicted octanol–water partition coefficient (Wildman–Crippen LogP) is 12.5. The standard InChI is InChI=1S/C39H70OSi/c1-13-39(14-2,15-3)25-20-30(10)34-18-19-35-33-17-16-31-26-32(40-41(27(4)5,28(6)7)29(8)9)21-23-37(31,11)36(33)22-24-38(34,35)12/h16,20,25,27-30,32-36H,13-15,17-19,21-24,26H2,1-12H3/b25-20+/t30-,32+,33+,34-,35+,36+,37+,38-/m1/s1. The van der Waals surface area contributed by atoms with E-state index in [0.29, 0.717) is 44.9 Å². The molecule has 4 aliphatic rings. The first kappa shape index (κ1) is 33.5. The second-order valence-electron chi connectivity index (χ2n) is 16.9. The zero-order chi connectivity index (χ0) is 30.4. The molecule has 0 unspecified atom stereocenters. The molecular weight excluding hydrogens is 513 g/mol. The molecule has 0 amide bonds. The molecule has 0 saturated heterocycles. The quantitative estimate of drug-likeness (QED) is 0.174. The van der Waals surface area contributed by atoms with Crippen LogP contribution < -0.4 is 0 Å². The molecule has 3 fully saturated rings. The Morgan fingerprint density at radius 2 is 1.46 bits per heavy atom. The van der Waals surface area contributed by atoms with Crippen LogP contribution in [0.4, 0.5) is 0 Å². The van der Waals surface area contributed by atoms with Crippen molar-refractivity contribution in [2.45, 2.75) is 176 Å². The van der Waals surface area contributed by atoms with Gasteiger partial charge in [-0.3, -0.25) is 0 Å². The Balaban J connectivity index is 1.50. The van der Waals surface area contributed by atoms with Crippen LogP contribution >= 0.6 is 0 Å². The molecule has 1 nitrogen and oxygen atoms in total. The van der Waals surface area contributed by atoms with Crippen molar-refractivity contribution >= 4 is 8.32 Å². The zero-order valence-electron chi connectivity index (χ0n) is 29.6. The summed E-state index contributed by atoms with van der Waals surface area (Å²) in [6.07, 6.45) is 23.3. The third-order valence-corrected chi connectivity index (χ3v) is 20.9. The zero-order valence-corrected chi connectivity index (χ0v) is 30.6. The minimum absolute atomic E-state index is 0.411. The summed E-state index contributed by atoms with van der Waals surface area (Å²) in [6, 6.07) is 0. The van der Waals surface area contributed by atoms with Gasteiger partial charge in [0.25, 0.3) is 0 Å². The minimum Gasteiger partial charge on any atom is -0.413 e. The molecular formula is C39H70OSi. The Morgan fingerprint density at radius 1 is 0.854 bits per heavy atom. The molecule has 0 aliphatic heterocycles. The molecule has 0 aromatic carbocycles. The summed E-state index contributed by atoms with van der Waals surface area (Å²) in [5, 5.41) is 0. The normalized spacial score (nSPS) is 37.0. The van der Waals surface area contributed by atoms with Crippen molar-refractivity contribution in [3.05, 3.63) is 23.8 Å². The highest BCUT2D eigenvalue weighted by atomic mass is 28.4. The van der Waals surface area contributed by atoms with Gasteiger partial charge in [-0.25, -0.2) is 0 Å². The smallest absolute Gasteiger partial charge is 0.200 e. The van der Waals surface area contributed by atoms with E-state index in [-0.39, 0.29) is 0 Å². The van der Waals surface area contributed by atoms with Gasteiger partial charge in [0.05, 0.1) is 0 Å². The SMILES string of the molecule is CCC(/C=C/[C@@H](C)[C@H]1CC[C@H]2[C@@H]3CC=C4C[C@@H](O[Si](C(C)C)(C(C)C)C(C)C)CC[C@]4(C)[C@H]3CC[C@]12C)(CC)CC. The lowest BCUT2D eigenvalue weighted by Crippen LogP contribution is -2.53. The number of hydrogen-bond donors (Lipinski definition) is 0. The van der Waals surface area contributed by atoms with Crippen molar-refractivity contribution in [1.29, 1.82) is 0 Å². The first-order valence-electron chi connectivity index (χ1n) is 18.3. The van der Waals surface area contributed by atoms with Crippen LogP contribution in [0.25, 0.3) is 0 Å². The highest BCUT2D eigenvalue weighted by Gasteiger charge is 2.59. The summed E-state index contributed by atoms with van der Waals surface area (Å²) in [5.41, 5.74) is 5.16. The molecule has 4 aliphatic carbocycles. The summed E-state index contributed by atoms with van der Waals surface area (Å²) in [5.74, 6) is 4.27. The fourth-order valence-corrected chi connectivity index (χ4v) is 17.5. The van der Waals surface area contributed by atoms with Gasteiger partial charge < -0.3 is 4.43 Å². The Bertz CT molecular complexity index is 909. The van der Waals surface area contributed by atoms with E-state index in [2.05, 4.69) is 101 Å². The highest BCUT2D eigenvalue weighted by molar-refractivity contribution is 6.77. The maximum Gasteiger partial charge on any atom is 0.200 e. The maximum absolute atomic E-state index is 7.38. The number of fused-ring (bicyclic) bond motifs is 5. The van der Waals surface area contributed by atoms with Gasteiger partial charge in [0.15, 0.2) is 0 Å². The van der Waals surface area contributed by atoms with Gasteiger partial charge in [0, 0.05) is 6.10 Å².